The summed E-state index contributed by atoms with van der Waals surface area (Å²) < 4.78 is 36.5. The minimum atomic E-state index is -2.52. The predicted molar refractivity (Wildman–Crippen MR) is 165 cm³/mol. The van der Waals surface area contributed by atoms with Crippen molar-refractivity contribution in [3.8, 4) is 5.75 Å². The fourth-order valence-corrected chi connectivity index (χ4v) is 8.28. The Balaban J connectivity index is 1.70. The van der Waals surface area contributed by atoms with Crippen LogP contribution in [0.25, 0.3) is 0 Å². The maximum atomic E-state index is 13.9. The normalized spacial score (nSPS) is 28.2. The molecule has 4 atom stereocenters. The summed E-state index contributed by atoms with van der Waals surface area (Å²) in [5, 5.41) is 28.1. The van der Waals surface area contributed by atoms with E-state index in [1.165, 1.54) is 13.8 Å². The van der Waals surface area contributed by atoms with Crippen LogP contribution in [0.1, 0.15) is 38.3 Å². The van der Waals surface area contributed by atoms with Crippen LogP contribution in [0.3, 0.4) is 0 Å². The molecule has 2 aliphatic heterocycles. The van der Waals surface area contributed by atoms with Crippen molar-refractivity contribution < 1.29 is 57.8 Å². The van der Waals surface area contributed by atoms with E-state index in [0.717, 1.165) is 18.2 Å². The lowest BCUT2D eigenvalue weighted by Gasteiger charge is -2.59. The minimum absolute atomic E-state index is 0.109. The van der Waals surface area contributed by atoms with Gasteiger partial charge in [0.15, 0.2) is 5.60 Å². The molecule has 260 valence electrons. The van der Waals surface area contributed by atoms with Gasteiger partial charge in [-0.05, 0) is 50.6 Å². The van der Waals surface area contributed by atoms with Crippen molar-refractivity contribution in [2.45, 2.75) is 56.8 Å². The van der Waals surface area contributed by atoms with Gasteiger partial charge in [0.25, 0.3) is 5.91 Å². The molecule has 15 heteroatoms. The third-order valence-corrected chi connectivity index (χ3v) is 9.66. The highest BCUT2D eigenvalue weighted by molar-refractivity contribution is 6.06. The second-order valence-corrected chi connectivity index (χ2v) is 13.1. The van der Waals surface area contributed by atoms with Gasteiger partial charge in [-0.1, -0.05) is 0 Å². The fraction of sp³-hybridized carbons (Fsp3) is 0.576. The van der Waals surface area contributed by atoms with Gasteiger partial charge in [0.05, 0.1) is 38.0 Å². The van der Waals surface area contributed by atoms with E-state index in [-0.39, 0.29) is 49.9 Å². The number of rotatable bonds is 5. The topological polar surface area (TPSA) is 183 Å². The molecule has 3 aliphatic carbocycles. The minimum Gasteiger partial charge on any atom is -0.509 e. The number of hydrogen-bond acceptors (Lipinski definition) is 14. The maximum absolute atomic E-state index is 13.9. The molecule has 6 rings (SSSR count). The number of carbonyl (C=O) groups excluding carboxylic acids is 4. The molecule has 0 unspecified atom stereocenters. The number of hydrogen-bond donors (Lipinski definition) is 3. The summed E-state index contributed by atoms with van der Waals surface area (Å²) in [6.07, 6.45) is 0.440. The number of likely N-dealkylation sites (N-methyl/N-ethyl adjacent to an activating group) is 1. The molecule has 0 saturated carbocycles. The summed E-state index contributed by atoms with van der Waals surface area (Å²) in [5.41, 5.74) is -0.900. The second kappa shape index (κ2) is 11.9. The van der Waals surface area contributed by atoms with Crippen LogP contribution < -0.4 is 15.0 Å². The number of anilines is 1. The number of imide groups is 1. The van der Waals surface area contributed by atoms with Crippen LogP contribution in [0.15, 0.2) is 34.8 Å². The lowest BCUT2D eigenvalue weighted by Crippen LogP contribution is -2.72. The molecule has 48 heavy (non-hydrogen) atoms. The number of carbonyl (C=O) groups is 4. The standard InChI is InChI=1S/C33H41N3O12/c1-16(37)34-30(41)26-28(48-18(3)39)27(36(6)7)21-15-19-14-20-22(35(4)5)8-9-23(47-17(2)38)25(20)32(43-10-11-44-32)24(19)29(40)31(21,42)33(26)45-12-13-46-33/h8-9,19,21,27,40,42H,10-15H2,1-7H3,(H,34,37,41)/t19-,21-,27-,31-/m0/s1. The van der Waals surface area contributed by atoms with E-state index in [4.69, 9.17) is 28.4 Å². The predicted octanol–water partition coefficient (Wildman–Crippen LogP) is 0.780. The molecular weight excluding hydrogens is 630 g/mol. The zero-order chi connectivity index (χ0) is 34.9. The first-order valence-electron chi connectivity index (χ1n) is 15.8. The van der Waals surface area contributed by atoms with Crippen molar-refractivity contribution >= 4 is 29.4 Å². The lowest BCUT2D eigenvalue weighted by molar-refractivity contribution is -0.282. The molecule has 3 N–H and O–H groups in total. The van der Waals surface area contributed by atoms with Crippen LogP contribution in [0.2, 0.25) is 0 Å². The molecule has 1 aromatic carbocycles. The molecule has 2 spiro atoms. The number of aliphatic hydroxyl groups excluding tert-OH is 1. The summed E-state index contributed by atoms with van der Waals surface area (Å²) in [4.78, 5) is 54.6. The van der Waals surface area contributed by atoms with E-state index in [1.54, 1.807) is 25.1 Å². The Morgan fingerprint density at radius 2 is 1.52 bits per heavy atom. The molecule has 0 aromatic heterocycles. The van der Waals surface area contributed by atoms with Crippen LogP contribution in [0.4, 0.5) is 5.69 Å². The van der Waals surface area contributed by atoms with Crippen molar-refractivity contribution in [1.82, 2.24) is 10.2 Å². The Bertz CT molecular complexity index is 1640. The highest BCUT2D eigenvalue weighted by atomic mass is 16.8. The lowest BCUT2D eigenvalue weighted by atomic mass is 9.56. The molecule has 15 nitrogen and oxygen atoms in total. The quantitative estimate of drug-likeness (QED) is 0.295. The van der Waals surface area contributed by atoms with Crippen molar-refractivity contribution in [3.05, 3.63) is 45.9 Å². The van der Waals surface area contributed by atoms with E-state index < -0.39 is 70.1 Å². The van der Waals surface area contributed by atoms with Crippen molar-refractivity contribution in [2.24, 2.45) is 11.8 Å². The van der Waals surface area contributed by atoms with Gasteiger partial charge in [-0.3, -0.25) is 29.4 Å². The molecule has 2 amide bonds. The van der Waals surface area contributed by atoms with E-state index in [9.17, 15) is 29.4 Å². The fourth-order valence-electron chi connectivity index (χ4n) is 8.28. The first-order chi connectivity index (χ1) is 22.6. The Labute approximate surface area is 277 Å². The first-order valence-corrected chi connectivity index (χ1v) is 15.8. The summed E-state index contributed by atoms with van der Waals surface area (Å²) in [6.45, 7) is 3.57. The number of fused-ring (bicyclic) bond motifs is 6. The number of nitrogens with one attached hydrogen (secondary N) is 1. The van der Waals surface area contributed by atoms with Crippen LogP contribution >= 0.6 is 0 Å². The Hall–Kier alpha value is -3.86. The van der Waals surface area contributed by atoms with Crippen LogP contribution in [0, 0.1) is 11.8 Å². The van der Waals surface area contributed by atoms with E-state index in [0.29, 0.717) is 12.0 Å². The Morgan fingerprint density at radius 3 is 2.06 bits per heavy atom. The average Bonchev–Trinajstić information content (AvgIpc) is 3.65. The molecule has 2 fully saturated rings. The zero-order valence-electron chi connectivity index (χ0n) is 28.0. The third kappa shape index (κ3) is 4.78. The number of aliphatic hydroxyl groups is 2. The largest absolute Gasteiger partial charge is 0.509 e. The number of ether oxygens (including phenoxy) is 6. The monoisotopic (exact) mass is 671 g/mol. The summed E-state index contributed by atoms with van der Waals surface area (Å²) >= 11 is 0. The molecule has 5 aliphatic rings. The van der Waals surface area contributed by atoms with Gasteiger partial charge < -0.3 is 43.5 Å². The maximum Gasteiger partial charge on any atom is 0.308 e. The number of benzene rings is 1. The van der Waals surface area contributed by atoms with Gasteiger partial charge in [0, 0.05) is 52.0 Å². The van der Waals surface area contributed by atoms with Crippen LogP contribution in [-0.2, 0) is 55.1 Å². The molecule has 1 aromatic rings. The summed E-state index contributed by atoms with van der Waals surface area (Å²) in [7, 11) is 7.10. The Morgan fingerprint density at radius 1 is 0.917 bits per heavy atom. The SMILES string of the molecule is CC(=O)NC(=O)C1=C(OC(C)=O)[C@@H](N(C)C)[C@@H]2C[C@@H]3Cc4c(N(C)C)ccc(OC(C)=O)c4C4(OCCO4)C3=C(O)[C@]2(O)C12OCCO2. The van der Waals surface area contributed by atoms with E-state index in [1.807, 2.05) is 25.1 Å². The molecule has 0 radical (unpaired) electrons. The van der Waals surface area contributed by atoms with Gasteiger partial charge in [0.2, 0.25) is 17.5 Å². The highest BCUT2D eigenvalue weighted by Gasteiger charge is 2.75. The van der Waals surface area contributed by atoms with Crippen molar-refractivity contribution in [3.63, 3.8) is 0 Å². The number of nitrogens with zero attached hydrogens (tertiary/aromatic N) is 2. The Kier molecular flexibility index (Phi) is 8.45. The average molecular weight is 672 g/mol. The van der Waals surface area contributed by atoms with Gasteiger partial charge in [0.1, 0.15) is 22.8 Å². The van der Waals surface area contributed by atoms with Gasteiger partial charge in [-0.2, -0.15) is 0 Å². The smallest absolute Gasteiger partial charge is 0.308 e. The van der Waals surface area contributed by atoms with Gasteiger partial charge in [-0.15, -0.1) is 0 Å². The highest BCUT2D eigenvalue weighted by Crippen LogP contribution is 2.64. The number of esters is 2. The molecular formula is C33H41N3O12. The van der Waals surface area contributed by atoms with Crippen molar-refractivity contribution in [2.75, 3.05) is 59.5 Å². The summed E-state index contributed by atoms with van der Waals surface area (Å²) in [5.74, 6) is -9.53. The van der Waals surface area contributed by atoms with E-state index in [2.05, 4.69) is 5.32 Å². The van der Waals surface area contributed by atoms with Gasteiger partial charge in [-0.25, -0.2) is 0 Å². The van der Waals surface area contributed by atoms with E-state index >= 15 is 0 Å². The van der Waals surface area contributed by atoms with Crippen LogP contribution in [-0.4, -0.2) is 111 Å². The molecule has 0 bridgehead atoms. The van der Waals surface area contributed by atoms with Crippen molar-refractivity contribution in [1.29, 1.82) is 0 Å². The van der Waals surface area contributed by atoms with Crippen LogP contribution in [0.5, 0.6) is 5.75 Å². The van der Waals surface area contributed by atoms with Gasteiger partial charge >= 0.3 is 11.9 Å². The molecule has 2 saturated heterocycles. The zero-order valence-corrected chi connectivity index (χ0v) is 28.0. The molecule has 2 heterocycles. The second-order valence-electron chi connectivity index (χ2n) is 13.1. The third-order valence-electron chi connectivity index (χ3n) is 9.66. The first kappa shape index (κ1) is 34.0. The summed E-state index contributed by atoms with van der Waals surface area (Å²) in [6, 6.07) is 2.46. The number of amides is 2.